The van der Waals surface area contributed by atoms with Crippen LogP contribution in [0, 0.1) is 10.1 Å². The van der Waals surface area contributed by atoms with E-state index in [1.807, 2.05) is 6.92 Å². The Morgan fingerprint density at radius 2 is 2.32 bits per heavy atom. The second-order valence-electron chi connectivity index (χ2n) is 3.64. The van der Waals surface area contributed by atoms with Crippen molar-refractivity contribution >= 4 is 29.0 Å². The topological polar surface area (TPSA) is 89.2 Å². The van der Waals surface area contributed by atoms with Crippen molar-refractivity contribution in [3.05, 3.63) is 39.7 Å². The van der Waals surface area contributed by atoms with Crippen molar-refractivity contribution in [3.63, 3.8) is 0 Å². The Labute approximate surface area is 117 Å². The van der Waals surface area contributed by atoms with E-state index in [1.165, 1.54) is 29.4 Å². The fourth-order valence-corrected chi connectivity index (χ4v) is 3.19. The minimum Gasteiger partial charge on any atom is -0.391 e. The lowest BCUT2D eigenvalue weighted by atomic mass is 10.2. The molecular formula is C11H11N3O3S2. The van der Waals surface area contributed by atoms with Crippen molar-refractivity contribution in [1.29, 1.82) is 0 Å². The third-order valence-corrected chi connectivity index (χ3v) is 4.17. The molecule has 2 rings (SSSR count). The third-order valence-electron chi connectivity index (χ3n) is 2.39. The monoisotopic (exact) mass is 297 g/mol. The van der Waals surface area contributed by atoms with Crippen LogP contribution in [0.2, 0.25) is 0 Å². The van der Waals surface area contributed by atoms with E-state index in [-0.39, 0.29) is 12.3 Å². The number of aromatic nitrogens is 2. The molecule has 0 radical (unpaired) electrons. The number of nitro groups is 1. The van der Waals surface area contributed by atoms with Gasteiger partial charge in [-0.25, -0.2) is 4.98 Å². The Kier molecular flexibility index (Phi) is 4.46. The predicted octanol–water partition coefficient (Wildman–Crippen LogP) is 2.65. The van der Waals surface area contributed by atoms with Crippen LogP contribution in [0.5, 0.6) is 0 Å². The zero-order valence-electron chi connectivity index (χ0n) is 10.1. The Balaban J connectivity index is 2.23. The first-order valence-corrected chi connectivity index (χ1v) is 7.11. The highest BCUT2D eigenvalue weighted by molar-refractivity contribution is 8.01. The smallest absolute Gasteiger partial charge is 0.274 e. The molecule has 0 fully saturated rings. The quantitative estimate of drug-likeness (QED) is 0.674. The summed E-state index contributed by atoms with van der Waals surface area (Å²) < 4.78 is 4.96. The minimum absolute atomic E-state index is 0.0710. The van der Waals surface area contributed by atoms with Crippen LogP contribution in [0.4, 0.5) is 5.69 Å². The molecule has 1 aromatic carbocycles. The van der Waals surface area contributed by atoms with Crippen LogP contribution in [-0.2, 0) is 13.0 Å². The first-order valence-electron chi connectivity index (χ1n) is 5.52. The molecule has 1 aromatic heterocycles. The van der Waals surface area contributed by atoms with Crippen LogP contribution < -0.4 is 0 Å². The molecule has 0 aliphatic heterocycles. The van der Waals surface area contributed by atoms with E-state index < -0.39 is 4.92 Å². The second-order valence-corrected chi connectivity index (χ2v) is 5.71. The molecule has 0 aliphatic carbocycles. The van der Waals surface area contributed by atoms with Crippen LogP contribution in [0.1, 0.15) is 18.3 Å². The first kappa shape index (κ1) is 13.9. The average Bonchev–Trinajstić information content (AvgIpc) is 2.86. The molecule has 0 amide bonds. The Morgan fingerprint density at radius 3 is 2.89 bits per heavy atom. The van der Waals surface area contributed by atoms with Gasteiger partial charge in [-0.05, 0) is 23.7 Å². The highest BCUT2D eigenvalue weighted by Crippen LogP contribution is 2.32. The number of hydrogen-bond acceptors (Lipinski definition) is 7. The van der Waals surface area contributed by atoms with Crippen molar-refractivity contribution in [2.45, 2.75) is 29.2 Å². The lowest BCUT2D eigenvalue weighted by Gasteiger charge is -2.02. The molecule has 0 atom stereocenters. The Hall–Kier alpha value is -1.51. The molecule has 2 aromatic rings. The number of aliphatic hydroxyl groups is 1. The van der Waals surface area contributed by atoms with Crippen molar-refractivity contribution in [3.8, 4) is 0 Å². The molecule has 100 valence electrons. The van der Waals surface area contributed by atoms with Gasteiger partial charge in [0.1, 0.15) is 5.82 Å². The molecule has 0 spiro atoms. The summed E-state index contributed by atoms with van der Waals surface area (Å²) in [6, 6.07) is 4.65. The molecule has 0 bridgehead atoms. The minimum atomic E-state index is -0.500. The van der Waals surface area contributed by atoms with Gasteiger partial charge >= 0.3 is 0 Å². The summed E-state index contributed by atoms with van der Waals surface area (Å²) in [6.45, 7) is 1.62. The summed E-state index contributed by atoms with van der Waals surface area (Å²) in [7, 11) is 0. The molecule has 0 unspecified atom stereocenters. The fraction of sp³-hybridized carbons (Fsp3) is 0.273. The van der Waals surface area contributed by atoms with Crippen LogP contribution >= 0.6 is 23.3 Å². The van der Waals surface area contributed by atoms with Gasteiger partial charge in [-0.3, -0.25) is 10.1 Å². The van der Waals surface area contributed by atoms with Crippen molar-refractivity contribution < 1.29 is 10.0 Å². The maximum Gasteiger partial charge on any atom is 0.274 e. The van der Waals surface area contributed by atoms with Gasteiger partial charge < -0.3 is 5.11 Å². The van der Waals surface area contributed by atoms with E-state index in [4.69, 9.17) is 5.11 Å². The van der Waals surface area contributed by atoms with Crippen molar-refractivity contribution in [2.24, 2.45) is 0 Å². The van der Waals surface area contributed by atoms with Crippen LogP contribution in [0.15, 0.2) is 27.4 Å². The second kappa shape index (κ2) is 6.09. The van der Waals surface area contributed by atoms with Crippen LogP contribution in [0.3, 0.4) is 0 Å². The standard InChI is InChI=1S/C11H11N3O3S2/c1-2-10-12-11(19-13-10)18-8-3-4-9(14(16)17)7(5-8)6-15/h3-5,15H,2,6H2,1H3. The van der Waals surface area contributed by atoms with Gasteiger partial charge in [-0.1, -0.05) is 18.7 Å². The summed E-state index contributed by atoms with van der Waals surface area (Å²) in [4.78, 5) is 15.4. The van der Waals surface area contributed by atoms with Gasteiger partial charge in [-0.2, -0.15) is 4.37 Å². The number of benzene rings is 1. The Morgan fingerprint density at radius 1 is 1.53 bits per heavy atom. The molecular weight excluding hydrogens is 286 g/mol. The lowest BCUT2D eigenvalue weighted by Crippen LogP contribution is -1.95. The van der Waals surface area contributed by atoms with Crippen LogP contribution in [0.25, 0.3) is 0 Å². The number of hydrogen-bond donors (Lipinski definition) is 1. The molecule has 6 nitrogen and oxygen atoms in total. The molecule has 1 N–H and O–H groups in total. The normalized spacial score (nSPS) is 10.6. The summed E-state index contributed by atoms with van der Waals surface area (Å²) in [5, 5.41) is 19.9. The molecule has 19 heavy (non-hydrogen) atoms. The number of aliphatic hydroxyl groups excluding tert-OH is 1. The number of rotatable bonds is 5. The highest BCUT2D eigenvalue weighted by atomic mass is 32.2. The van der Waals surface area contributed by atoms with E-state index in [1.54, 1.807) is 12.1 Å². The van der Waals surface area contributed by atoms with E-state index in [0.717, 1.165) is 21.5 Å². The summed E-state index contributed by atoms with van der Waals surface area (Å²) in [5.74, 6) is 0.789. The third kappa shape index (κ3) is 3.28. The number of nitrogens with zero attached hydrogens (tertiary/aromatic N) is 3. The SMILES string of the molecule is CCc1nsc(Sc2ccc([N+](=O)[O-])c(CO)c2)n1. The zero-order chi connectivity index (χ0) is 13.8. The maximum absolute atomic E-state index is 10.8. The highest BCUT2D eigenvalue weighted by Gasteiger charge is 2.14. The molecule has 8 heteroatoms. The molecule has 0 saturated carbocycles. The van der Waals surface area contributed by atoms with E-state index >= 15 is 0 Å². The largest absolute Gasteiger partial charge is 0.391 e. The molecule has 1 heterocycles. The van der Waals surface area contributed by atoms with Gasteiger partial charge in [0.25, 0.3) is 5.69 Å². The van der Waals surface area contributed by atoms with E-state index in [0.29, 0.717) is 5.56 Å². The van der Waals surface area contributed by atoms with Gasteiger partial charge in [0.05, 0.1) is 17.1 Å². The average molecular weight is 297 g/mol. The molecule has 0 aliphatic rings. The maximum atomic E-state index is 10.8. The lowest BCUT2D eigenvalue weighted by molar-refractivity contribution is -0.385. The van der Waals surface area contributed by atoms with E-state index in [2.05, 4.69) is 9.36 Å². The summed E-state index contributed by atoms with van der Waals surface area (Å²) in [6.07, 6.45) is 0.777. The zero-order valence-corrected chi connectivity index (χ0v) is 11.7. The van der Waals surface area contributed by atoms with E-state index in [9.17, 15) is 10.1 Å². The van der Waals surface area contributed by atoms with Gasteiger partial charge in [0, 0.05) is 17.4 Å². The van der Waals surface area contributed by atoms with Gasteiger partial charge in [-0.15, -0.1) is 0 Å². The summed E-state index contributed by atoms with van der Waals surface area (Å²) in [5.41, 5.74) is 0.230. The van der Waals surface area contributed by atoms with Gasteiger partial charge in [0.2, 0.25) is 0 Å². The Bertz CT molecular complexity index is 601. The first-order chi connectivity index (χ1) is 9.13. The molecule has 0 saturated heterocycles. The van der Waals surface area contributed by atoms with Crippen molar-refractivity contribution in [2.75, 3.05) is 0 Å². The summed E-state index contributed by atoms with van der Waals surface area (Å²) >= 11 is 2.68. The van der Waals surface area contributed by atoms with Gasteiger partial charge in [0.15, 0.2) is 4.34 Å². The van der Waals surface area contributed by atoms with Crippen LogP contribution in [-0.4, -0.2) is 19.4 Å². The number of aryl methyl sites for hydroxylation is 1. The fourth-order valence-electron chi connectivity index (χ4n) is 1.45. The number of nitro benzene ring substituents is 1. The predicted molar refractivity (Wildman–Crippen MR) is 72.4 cm³/mol. The van der Waals surface area contributed by atoms with Crippen molar-refractivity contribution in [1.82, 2.24) is 9.36 Å².